The van der Waals surface area contributed by atoms with Gasteiger partial charge in [-0.3, -0.25) is 14.4 Å². The van der Waals surface area contributed by atoms with Crippen LogP contribution in [0.1, 0.15) is 29.3 Å². The van der Waals surface area contributed by atoms with Crippen molar-refractivity contribution in [3.8, 4) is 0 Å². The number of anilines is 2. The number of hydrogen-bond donors (Lipinski definition) is 3. The van der Waals surface area contributed by atoms with Crippen molar-refractivity contribution < 1.29 is 14.4 Å². The van der Waals surface area contributed by atoms with Gasteiger partial charge < -0.3 is 20.9 Å². The number of nitrogens with one attached hydrogen (secondary N) is 3. The van der Waals surface area contributed by atoms with Gasteiger partial charge in [-0.15, -0.1) is 0 Å². The van der Waals surface area contributed by atoms with E-state index in [1.54, 1.807) is 31.3 Å². The standard InChI is InChI=1S/C22H28N4O3/c1-4-12-23-22(29)17-6-5-7-19(13-17)24-14-21(28)26(3)15-20(27)25-18-10-8-16(2)9-11-18/h5-11,13,24H,4,12,14-15H2,1-3H3,(H,23,29)(H,25,27). The molecule has 0 heterocycles. The fourth-order valence-corrected chi connectivity index (χ4v) is 2.56. The Bertz CT molecular complexity index is 849. The summed E-state index contributed by atoms with van der Waals surface area (Å²) in [6.07, 6.45) is 0.863. The third kappa shape index (κ3) is 7.29. The maximum atomic E-state index is 12.3. The van der Waals surface area contributed by atoms with E-state index in [-0.39, 0.29) is 30.8 Å². The molecule has 7 heteroatoms. The number of carbonyl (C=O) groups excluding carboxylic acids is 3. The van der Waals surface area contributed by atoms with E-state index in [4.69, 9.17) is 0 Å². The second-order valence-electron chi connectivity index (χ2n) is 6.85. The fraction of sp³-hybridized carbons (Fsp3) is 0.318. The quantitative estimate of drug-likeness (QED) is 0.608. The van der Waals surface area contributed by atoms with Crippen molar-refractivity contribution in [1.82, 2.24) is 10.2 Å². The molecule has 0 radical (unpaired) electrons. The Morgan fingerprint density at radius 3 is 2.41 bits per heavy atom. The lowest BCUT2D eigenvalue weighted by atomic mass is 10.2. The lowest BCUT2D eigenvalue weighted by Gasteiger charge is -2.18. The third-order valence-electron chi connectivity index (χ3n) is 4.25. The Labute approximate surface area is 171 Å². The molecular weight excluding hydrogens is 368 g/mol. The second-order valence-corrected chi connectivity index (χ2v) is 6.85. The first-order valence-electron chi connectivity index (χ1n) is 9.61. The van der Waals surface area contributed by atoms with Gasteiger partial charge in [-0.05, 0) is 43.7 Å². The second kappa shape index (κ2) is 10.8. The van der Waals surface area contributed by atoms with Crippen LogP contribution >= 0.6 is 0 Å². The lowest BCUT2D eigenvalue weighted by molar-refractivity contribution is -0.131. The zero-order valence-electron chi connectivity index (χ0n) is 17.1. The molecule has 0 atom stereocenters. The zero-order valence-corrected chi connectivity index (χ0v) is 17.1. The average Bonchev–Trinajstić information content (AvgIpc) is 2.72. The molecule has 2 rings (SSSR count). The van der Waals surface area contributed by atoms with Gasteiger partial charge in [0.1, 0.15) is 0 Å². The fourth-order valence-electron chi connectivity index (χ4n) is 2.56. The van der Waals surface area contributed by atoms with Crippen LogP contribution < -0.4 is 16.0 Å². The van der Waals surface area contributed by atoms with Gasteiger partial charge in [0.15, 0.2) is 0 Å². The SMILES string of the molecule is CCCNC(=O)c1cccc(NCC(=O)N(C)CC(=O)Nc2ccc(C)cc2)c1. The molecule has 0 aliphatic carbocycles. The highest BCUT2D eigenvalue weighted by Gasteiger charge is 2.13. The maximum absolute atomic E-state index is 12.3. The molecule has 0 aliphatic heterocycles. The number of benzene rings is 2. The zero-order chi connectivity index (χ0) is 21.2. The van der Waals surface area contributed by atoms with Crippen LogP contribution in [0.2, 0.25) is 0 Å². The Hall–Kier alpha value is -3.35. The number of carbonyl (C=O) groups is 3. The van der Waals surface area contributed by atoms with Crippen molar-refractivity contribution in [3.63, 3.8) is 0 Å². The smallest absolute Gasteiger partial charge is 0.251 e. The van der Waals surface area contributed by atoms with Crippen LogP contribution in [0.25, 0.3) is 0 Å². The van der Waals surface area contributed by atoms with E-state index in [2.05, 4.69) is 16.0 Å². The summed E-state index contributed by atoms with van der Waals surface area (Å²) in [5, 5.41) is 8.59. The monoisotopic (exact) mass is 396 g/mol. The summed E-state index contributed by atoms with van der Waals surface area (Å²) in [5.74, 6) is -0.643. The first-order chi connectivity index (χ1) is 13.9. The van der Waals surface area contributed by atoms with Gasteiger partial charge in [0.05, 0.1) is 13.1 Å². The summed E-state index contributed by atoms with van der Waals surface area (Å²) in [5.41, 5.74) is 2.99. The molecule has 0 bridgehead atoms. The number of rotatable bonds is 9. The van der Waals surface area contributed by atoms with Crippen molar-refractivity contribution in [1.29, 1.82) is 0 Å². The van der Waals surface area contributed by atoms with Crippen molar-refractivity contribution >= 4 is 29.1 Å². The molecule has 29 heavy (non-hydrogen) atoms. The van der Waals surface area contributed by atoms with Crippen molar-refractivity contribution in [2.75, 3.05) is 37.3 Å². The predicted octanol–water partition coefficient (Wildman–Crippen LogP) is 2.64. The number of amides is 3. The Morgan fingerprint density at radius 2 is 1.72 bits per heavy atom. The minimum Gasteiger partial charge on any atom is -0.376 e. The largest absolute Gasteiger partial charge is 0.376 e. The van der Waals surface area contributed by atoms with Gasteiger partial charge in [0.25, 0.3) is 5.91 Å². The lowest BCUT2D eigenvalue weighted by Crippen LogP contribution is -2.38. The van der Waals surface area contributed by atoms with Gasteiger partial charge in [0, 0.05) is 30.5 Å². The highest BCUT2D eigenvalue weighted by atomic mass is 16.2. The van der Waals surface area contributed by atoms with Crippen LogP contribution in [0.4, 0.5) is 11.4 Å². The molecular formula is C22H28N4O3. The number of nitrogens with zero attached hydrogens (tertiary/aromatic N) is 1. The third-order valence-corrected chi connectivity index (χ3v) is 4.25. The van der Waals surface area contributed by atoms with E-state index >= 15 is 0 Å². The number of hydrogen-bond acceptors (Lipinski definition) is 4. The summed E-state index contributed by atoms with van der Waals surface area (Å²) < 4.78 is 0. The summed E-state index contributed by atoms with van der Waals surface area (Å²) in [4.78, 5) is 37.8. The van der Waals surface area contributed by atoms with Crippen LogP contribution in [0, 0.1) is 6.92 Å². The molecule has 0 unspecified atom stereocenters. The Balaban J connectivity index is 1.82. The minimum absolute atomic E-state index is 0.0222. The van der Waals surface area contributed by atoms with Crippen molar-refractivity contribution in [2.45, 2.75) is 20.3 Å². The van der Waals surface area contributed by atoms with Gasteiger partial charge in [0.2, 0.25) is 11.8 Å². The molecule has 154 valence electrons. The van der Waals surface area contributed by atoms with Crippen LogP contribution in [0.15, 0.2) is 48.5 Å². The molecule has 0 saturated carbocycles. The van der Waals surface area contributed by atoms with Crippen molar-refractivity contribution in [2.24, 2.45) is 0 Å². The number of aryl methyl sites for hydroxylation is 1. The summed E-state index contributed by atoms with van der Waals surface area (Å²) in [7, 11) is 1.58. The first kappa shape index (κ1) is 21.9. The van der Waals surface area contributed by atoms with Gasteiger partial charge in [-0.25, -0.2) is 0 Å². The molecule has 2 aromatic rings. The topological polar surface area (TPSA) is 90.5 Å². The summed E-state index contributed by atoms with van der Waals surface area (Å²) >= 11 is 0. The molecule has 3 amide bonds. The molecule has 7 nitrogen and oxygen atoms in total. The van der Waals surface area contributed by atoms with Crippen LogP contribution in [-0.4, -0.2) is 49.3 Å². The normalized spacial score (nSPS) is 10.2. The molecule has 0 aliphatic rings. The molecule has 3 N–H and O–H groups in total. The minimum atomic E-state index is -0.265. The highest BCUT2D eigenvalue weighted by Crippen LogP contribution is 2.11. The molecule has 2 aromatic carbocycles. The van der Waals surface area contributed by atoms with Gasteiger partial charge >= 0.3 is 0 Å². The van der Waals surface area contributed by atoms with Crippen LogP contribution in [0.3, 0.4) is 0 Å². The van der Waals surface area contributed by atoms with Crippen LogP contribution in [0.5, 0.6) is 0 Å². The van der Waals surface area contributed by atoms with E-state index in [0.29, 0.717) is 23.5 Å². The van der Waals surface area contributed by atoms with E-state index in [1.807, 2.05) is 38.1 Å². The van der Waals surface area contributed by atoms with E-state index in [0.717, 1.165) is 12.0 Å². The first-order valence-corrected chi connectivity index (χ1v) is 9.61. The number of likely N-dealkylation sites (N-methyl/N-ethyl adjacent to an activating group) is 1. The Morgan fingerprint density at radius 1 is 1.00 bits per heavy atom. The van der Waals surface area contributed by atoms with E-state index < -0.39 is 0 Å². The highest BCUT2D eigenvalue weighted by molar-refractivity contribution is 5.96. The van der Waals surface area contributed by atoms with Crippen molar-refractivity contribution in [3.05, 3.63) is 59.7 Å². The summed E-state index contributed by atoms with van der Waals surface area (Å²) in [6, 6.07) is 14.4. The molecule has 0 fully saturated rings. The molecule has 0 saturated heterocycles. The molecule has 0 spiro atoms. The average molecular weight is 396 g/mol. The van der Waals surface area contributed by atoms with E-state index in [1.165, 1.54) is 4.90 Å². The maximum Gasteiger partial charge on any atom is 0.251 e. The van der Waals surface area contributed by atoms with Crippen LogP contribution in [-0.2, 0) is 9.59 Å². The predicted molar refractivity (Wildman–Crippen MR) is 115 cm³/mol. The summed E-state index contributed by atoms with van der Waals surface area (Å²) in [6.45, 7) is 4.55. The van der Waals surface area contributed by atoms with E-state index in [9.17, 15) is 14.4 Å². The molecule has 0 aromatic heterocycles. The van der Waals surface area contributed by atoms with Gasteiger partial charge in [-0.1, -0.05) is 30.7 Å². The Kier molecular flexibility index (Phi) is 8.21. The van der Waals surface area contributed by atoms with Gasteiger partial charge in [-0.2, -0.15) is 0 Å².